The van der Waals surface area contributed by atoms with Crippen LogP contribution in [0.25, 0.3) is 0 Å². The van der Waals surface area contributed by atoms with Gasteiger partial charge in [-0.05, 0) is 19.1 Å². The molecule has 1 aromatic rings. The number of ether oxygens (including phenoxy) is 1. The fourth-order valence-corrected chi connectivity index (χ4v) is 1.14. The van der Waals surface area contributed by atoms with Gasteiger partial charge in [0.25, 0.3) is 0 Å². The lowest BCUT2D eigenvalue weighted by atomic mass is 10.3. The minimum atomic E-state index is -0.633. The Morgan fingerprint density at radius 3 is 2.93 bits per heavy atom. The van der Waals surface area contributed by atoms with Crippen molar-refractivity contribution in [1.29, 1.82) is 0 Å². The summed E-state index contributed by atoms with van der Waals surface area (Å²) in [6.45, 7) is 2.41. The Morgan fingerprint density at radius 2 is 2.40 bits per heavy atom. The third-order valence-corrected chi connectivity index (χ3v) is 1.92. The van der Waals surface area contributed by atoms with Crippen LogP contribution >= 0.6 is 0 Å². The van der Waals surface area contributed by atoms with E-state index >= 15 is 0 Å². The minimum absolute atomic E-state index is 0.211. The molecule has 1 heterocycles. The van der Waals surface area contributed by atoms with Gasteiger partial charge in [-0.15, -0.1) is 0 Å². The van der Waals surface area contributed by atoms with Crippen molar-refractivity contribution in [2.24, 2.45) is 5.73 Å². The number of amides is 1. The SMILES string of the molecule is COCC(N)C(=O)NCc1ccc(C)o1. The van der Waals surface area contributed by atoms with E-state index in [9.17, 15) is 4.79 Å². The Hall–Kier alpha value is -1.33. The van der Waals surface area contributed by atoms with E-state index in [-0.39, 0.29) is 12.5 Å². The second-order valence-corrected chi connectivity index (χ2v) is 3.29. The van der Waals surface area contributed by atoms with E-state index in [1.807, 2.05) is 19.1 Å². The van der Waals surface area contributed by atoms with Gasteiger partial charge in [0.1, 0.15) is 17.6 Å². The average molecular weight is 212 g/mol. The monoisotopic (exact) mass is 212 g/mol. The Morgan fingerprint density at radius 1 is 1.67 bits per heavy atom. The largest absolute Gasteiger partial charge is 0.465 e. The molecule has 0 aliphatic rings. The van der Waals surface area contributed by atoms with Crippen LogP contribution in [0.15, 0.2) is 16.5 Å². The maximum absolute atomic E-state index is 11.4. The van der Waals surface area contributed by atoms with Crippen molar-refractivity contribution in [3.05, 3.63) is 23.7 Å². The van der Waals surface area contributed by atoms with Crippen molar-refractivity contribution in [3.63, 3.8) is 0 Å². The molecule has 0 saturated carbocycles. The van der Waals surface area contributed by atoms with E-state index in [0.717, 1.165) is 5.76 Å². The molecule has 5 heteroatoms. The lowest BCUT2D eigenvalue weighted by molar-refractivity contribution is -0.123. The minimum Gasteiger partial charge on any atom is -0.465 e. The Kier molecular flexibility index (Phi) is 4.33. The first-order chi connectivity index (χ1) is 7.13. The molecule has 0 radical (unpaired) electrons. The van der Waals surface area contributed by atoms with Gasteiger partial charge in [-0.25, -0.2) is 0 Å². The normalized spacial score (nSPS) is 12.5. The quantitative estimate of drug-likeness (QED) is 0.729. The highest BCUT2D eigenvalue weighted by atomic mass is 16.5. The van der Waals surface area contributed by atoms with E-state index in [2.05, 4.69) is 5.32 Å². The molecule has 1 aromatic heterocycles. The molecule has 15 heavy (non-hydrogen) atoms. The van der Waals surface area contributed by atoms with Gasteiger partial charge in [0.05, 0.1) is 13.2 Å². The smallest absolute Gasteiger partial charge is 0.239 e. The zero-order valence-electron chi connectivity index (χ0n) is 8.95. The Bertz CT molecular complexity index is 322. The lowest BCUT2D eigenvalue weighted by Gasteiger charge is -2.09. The highest BCUT2D eigenvalue weighted by Gasteiger charge is 2.12. The van der Waals surface area contributed by atoms with E-state index in [4.69, 9.17) is 14.9 Å². The van der Waals surface area contributed by atoms with Crippen LogP contribution in [0.4, 0.5) is 0 Å². The van der Waals surface area contributed by atoms with Crippen molar-refractivity contribution < 1.29 is 13.9 Å². The van der Waals surface area contributed by atoms with E-state index in [1.54, 1.807) is 0 Å². The van der Waals surface area contributed by atoms with Gasteiger partial charge >= 0.3 is 0 Å². The standard InChI is InChI=1S/C10H16N2O3/c1-7-3-4-8(15-7)5-12-10(13)9(11)6-14-2/h3-4,9H,5-6,11H2,1-2H3,(H,12,13). The van der Waals surface area contributed by atoms with E-state index in [1.165, 1.54) is 7.11 Å². The van der Waals surface area contributed by atoms with Gasteiger partial charge in [-0.1, -0.05) is 0 Å². The van der Waals surface area contributed by atoms with Crippen molar-refractivity contribution in [2.45, 2.75) is 19.5 Å². The summed E-state index contributed by atoms with van der Waals surface area (Å²) in [5.74, 6) is 1.29. The van der Waals surface area contributed by atoms with Gasteiger partial charge in [0.15, 0.2) is 0 Å². The van der Waals surface area contributed by atoms with Crippen LogP contribution in [-0.4, -0.2) is 25.7 Å². The average Bonchev–Trinajstić information content (AvgIpc) is 2.61. The van der Waals surface area contributed by atoms with Crippen LogP contribution in [0.2, 0.25) is 0 Å². The summed E-state index contributed by atoms with van der Waals surface area (Å²) < 4.78 is 10.1. The number of nitrogens with one attached hydrogen (secondary N) is 1. The van der Waals surface area contributed by atoms with E-state index in [0.29, 0.717) is 12.3 Å². The third-order valence-electron chi connectivity index (χ3n) is 1.92. The van der Waals surface area contributed by atoms with Gasteiger partial charge in [0.2, 0.25) is 5.91 Å². The summed E-state index contributed by atoms with van der Waals surface area (Å²) in [4.78, 5) is 11.4. The molecule has 1 rings (SSSR count). The number of rotatable bonds is 5. The van der Waals surface area contributed by atoms with Crippen LogP contribution in [0.3, 0.4) is 0 Å². The number of furan rings is 1. The molecule has 1 atom stereocenters. The molecule has 0 aliphatic heterocycles. The Labute approximate surface area is 88.6 Å². The lowest BCUT2D eigenvalue weighted by Crippen LogP contribution is -2.43. The van der Waals surface area contributed by atoms with Gasteiger partial charge < -0.3 is 20.2 Å². The second kappa shape index (κ2) is 5.53. The molecule has 1 unspecified atom stereocenters. The maximum atomic E-state index is 11.4. The molecule has 0 aliphatic carbocycles. The summed E-state index contributed by atoms with van der Waals surface area (Å²) in [6, 6.07) is 3.03. The van der Waals surface area contributed by atoms with Crippen LogP contribution in [-0.2, 0) is 16.1 Å². The molecule has 3 N–H and O–H groups in total. The number of carbonyl (C=O) groups is 1. The van der Waals surface area contributed by atoms with Crippen LogP contribution in [0, 0.1) is 6.92 Å². The molecule has 0 saturated heterocycles. The third kappa shape index (κ3) is 3.73. The number of methoxy groups -OCH3 is 1. The first kappa shape index (κ1) is 11.7. The maximum Gasteiger partial charge on any atom is 0.239 e. The van der Waals surface area contributed by atoms with Gasteiger partial charge in [-0.3, -0.25) is 4.79 Å². The summed E-state index contributed by atoms with van der Waals surface area (Å²) in [5, 5.41) is 2.66. The molecule has 1 amide bonds. The fourth-order valence-electron chi connectivity index (χ4n) is 1.14. The highest BCUT2D eigenvalue weighted by Crippen LogP contribution is 2.05. The molecule has 0 spiro atoms. The highest BCUT2D eigenvalue weighted by molar-refractivity contribution is 5.81. The number of carbonyl (C=O) groups excluding carboxylic acids is 1. The van der Waals surface area contributed by atoms with Crippen LogP contribution in [0.1, 0.15) is 11.5 Å². The van der Waals surface area contributed by atoms with E-state index < -0.39 is 6.04 Å². The van der Waals surface area contributed by atoms with Crippen molar-refractivity contribution in [1.82, 2.24) is 5.32 Å². The topological polar surface area (TPSA) is 77.5 Å². The second-order valence-electron chi connectivity index (χ2n) is 3.29. The first-order valence-electron chi connectivity index (χ1n) is 4.71. The van der Waals surface area contributed by atoms with Crippen molar-refractivity contribution in [3.8, 4) is 0 Å². The van der Waals surface area contributed by atoms with Crippen molar-refractivity contribution in [2.75, 3.05) is 13.7 Å². The van der Waals surface area contributed by atoms with Crippen molar-refractivity contribution >= 4 is 5.91 Å². The Balaban J connectivity index is 2.34. The molecule has 0 aromatic carbocycles. The summed E-state index contributed by atoms with van der Waals surface area (Å²) in [7, 11) is 1.50. The zero-order chi connectivity index (χ0) is 11.3. The predicted octanol–water partition coefficient (Wildman–Crippen LogP) is 0.178. The zero-order valence-corrected chi connectivity index (χ0v) is 8.95. The van der Waals surface area contributed by atoms with Crippen LogP contribution < -0.4 is 11.1 Å². The molecule has 0 fully saturated rings. The summed E-state index contributed by atoms with van der Waals surface area (Å²) in [5.41, 5.74) is 5.53. The summed E-state index contributed by atoms with van der Waals surface area (Å²) in [6.07, 6.45) is 0. The molecular weight excluding hydrogens is 196 g/mol. The van der Waals surface area contributed by atoms with Gasteiger partial charge in [-0.2, -0.15) is 0 Å². The first-order valence-corrected chi connectivity index (χ1v) is 4.71. The van der Waals surface area contributed by atoms with Gasteiger partial charge in [0, 0.05) is 7.11 Å². The molecule has 5 nitrogen and oxygen atoms in total. The molecular formula is C10H16N2O3. The van der Waals surface area contributed by atoms with Crippen LogP contribution in [0.5, 0.6) is 0 Å². The number of hydrogen-bond acceptors (Lipinski definition) is 4. The summed E-state index contributed by atoms with van der Waals surface area (Å²) >= 11 is 0. The predicted molar refractivity (Wildman–Crippen MR) is 55.1 cm³/mol. The molecule has 84 valence electrons. The molecule has 0 bridgehead atoms. The number of hydrogen-bond donors (Lipinski definition) is 2. The fraction of sp³-hybridized carbons (Fsp3) is 0.500. The number of nitrogens with two attached hydrogens (primary N) is 1. The number of aryl methyl sites for hydroxylation is 1.